The molecule has 1 heterocycles. The molecule has 0 radical (unpaired) electrons. The molecule has 3 heteroatoms. The van der Waals surface area contributed by atoms with Crippen molar-refractivity contribution in [1.29, 1.82) is 0 Å². The predicted molar refractivity (Wildman–Crippen MR) is 70.5 cm³/mol. The van der Waals surface area contributed by atoms with E-state index in [0.29, 0.717) is 0 Å². The molecule has 0 aromatic rings. The van der Waals surface area contributed by atoms with Gasteiger partial charge in [-0.3, -0.25) is 0 Å². The second kappa shape index (κ2) is 7.02. The van der Waals surface area contributed by atoms with E-state index in [1.807, 2.05) is 0 Å². The van der Waals surface area contributed by atoms with Gasteiger partial charge >= 0.3 is 0 Å². The van der Waals surface area contributed by atoms with Crippen LogP contribution in [0.2, 0.25) is 0 Å². The van der Waals surface area contributed by atoms with Gasteiger partial charge in [0, 0.05) is 28.0 Å². The monoisotopic (exact) mass is 233 g/mol. The van der Waals surface area contributed by atoms with Gasteiger partial charge in [0.2, 0.25) is 0 Å². The van der Waals surface area contributed by atoms with Crippen LogP contribution in [-0.4, -0.2) is 34.6 Å². The minimum absolute atomic E-state index is 0.725. The van der Waals surface area contributed by atoms with Crippen molar-refractivity contribution < 1.29 is 0 Å². The molecule has 0 aromatic heterocycles. The molecular formula is C11H23NS2. The van der Waals surface area contributed by atoms with Gasteiger partial charge in [-0.2, -0.15) is 23.5 Å². The third-order valence-corrected chi connectivity index (χ3v) is 5.98. The molecular weight excluding hydrogens is 210 g/mol. The van der Waals surface area contributed by atoms with Crippen LogP contribution in [0.1, 0.15) is 33.6 Å². The van der Waals surface area contributed by atoms with Crippen LogP contribution in [0.25, 0.3) is 0 Å². The molecule has 0 saturated carbocycles. The molecule has 3 atom stereocenters. The van der Waals surface area contributed by atoms with Gasteiger partial charge in [0.15, 0.2) is 0 Å². The summed E-state index contributed by atoms with van der Waals surface area (Å²) in [5.41, 5.74) is 0. The zero-order chi connectivity index (χ0) is 10.4. The average molecular weight is 233 g/mol. The molecule has 1 nitrogen and oxygen atoms in total. The lowest BCUT2D eigenvalue weighted by Gasteiger charge is -2.34. The van der Waals surface area contributed by atoms with Crippen molar-refractivity contribution in [2.24, 2.45) is 0 Å². The Labute approximate surface area is 97.2 Å². The third-order valence-electron chi connectivity index (χ3n) is 2.73. The standard InChI is InChI=1S/C11H23NS2/c1-4-6-12-10(5-2)11-9(3)13-7-8-14-11/h9-12H,4-8H2,1-3H3. The molecule has 1 saturated heterocycles. The summed E-state index contributed by atoms with van der Waals surface area (Å²) in [5.74, 6) is 2.68. The number of thioether (sulfide) groups is 2. The first-order valence-corrected chi connectivity index (χ1v) is 7.85. The highest BCUT2D eigenvalue weighted by atomic mass is 32.2. The van der Waals surface area contributed by atoms with E-state index < -0.39 is 0 Å². The molecule has 0 aliphatic carbocycles. The first kappa shape index (κ1) is 12.7. The van der Waals surface area contributed by atoms with Crippen molar-refractivity contribution in [3.05, 3.63) is 0 Å². The quantitative estimate of drug-likeness (QED) is 0.784. The minimum Gasteiger partial charge on any atom is -0.313 e. The van der Waals surface area contributed by atoms with E-state index in [1.165, 1.54) is 30.9 Å². The maximum Gasteiger partial charge on any atom is 0.0317 e. The number of hydrogen-bond acceptors (Lipinski definition) is 3. The summed E-state index contributed by atoms with van der Waals surface area (Å²) < 4.78 is 0. The van der Waals surface area contributed by atoms with Gasteiger partial charge in [-0.15, -0.1) is 0 Å². The molecule has 1 rings (SSSR count). The van der Waals surface area contributed by atoms with Crippen LogP contribution < -0.4 is 5.32 Å². The zero-order valence-electron chi connectivity index (χ0n) is 9.58. The van der Waals surface area contributed by atoms with Crippen LogP contribution in [-0.2, 0) is 0 Å². The van der Waals surface area contributed by atoms with Crippen molar-refractivity contribution in [3.63, 3.8) is 0 Å². The highest BCUT2D eigenvalue weighted by Gasteiger charge is 2.28. The summed E-state index contributed by atoms with van der Waals surface area (Å²) >= 11 is 4.31. The lowest BCUT2D eigenvalue weighted by atomic mass is 10.1. The second-order valence-corrected chi connectivity index (χ2v) is 6.65. The van der Waals surface area contributed by atoms with Crippen LogP contribution in [0.5, 0.6) is 0 Å². The topological polar surface area (TPSA) is 12.0 Å². The van der Waals surface area contributed by atoms with Crippen LogP contribution in [0, 0.1) is 0 Å². The fourth-order valence-corrected chi connectivity index (χ4v) is 4.97. The first-order valence-electron chi connectivity index (χ1n) is 5.76. The maximum atomic E-state index is 3.69. The number of rotatable bonds is 5. The van der Waals surface area contributed by atoms with Gasteiger partial charge < -0.3 is 5.32 Å². The average Bonchev–Trinajstić information content (AvgIpc) is 2.21. The predicted octanol–water partition coefficient (Wildman–Crippen LogP) is 3.00. The Morgan fingerprint density at radius 1 is 1.29 bits per heavy atom. The lowest BCUT2D eigenvalue weighted by Crippen LogP contribution is -2.44. The summed E-state index contributed by atoms with van der Waals surface area (Å²) in [6.45, 7) is 8.11. The molecule has 1 fully saturated rings. The molecule has 0 amide bonds. The molecule has 3 unspecified atom stereocenters. The van der Waals surface area contributed by atoms with Crippen molar-refractivity contribution in [3.8, 4) is 0 Å². The Morgan fingerprint density at radius 2 is 2.00 bits per heavy atom. The highest BCUT2D eigenvalue weighted by molar-refractivity contribution is 8.07. The summed E-state index contributed by atoms with van der Waals surface area (Å²) in [5, 5.41) is 5.33. The van der Waals surface area contributed by atoms with Crippen LogP contribution in [0.15, 0.2) is 0 Å². The maximum absolute atomic E-state index is 3.69. The first-order chi connectivity index (χ1) is 6.79. The van der Waals surface area contributed by atoms with E-state index in [1.54, 1.807) is 0 Å². The van der Waals surface area contributed by atoms with Crippen molar-refractivity contribution >= 4 is 23.5 Å². The smallest absolute Gasteiger partial charge is 0.0317 e. The van der Waals surface area contributed by atoms with Crippen LogP contribution in [0.4, 0.5) is 0 Å². The zero-order valence-corrected chi connectivity index (χ0v) is 11.2. The fraction of sp³-hybridized carbons (Fsp3) is 1.00. The molecule has 14 heavy (non-hydrogen) atoms. The van der Waals surface area contributed by atoms with E-state index in [2.05, 4.69) is 49.6 Å². The van der Waals surface area contributed by atoms with E-state index in [9.17, 15) is 0 Å². The fourth-order valence-electron chi connectivity index (χ4n) is 1.91. The van der Waals surface area contributed by atoms with Gasteiger partial charge in [-0.1, -0.05) is 20.8 Å². The number of hydrogen-bond donors (Lipinski definition) is 1. The number of nitrogens with one attached hydrogen (secondary N) is 1. The molecule has 1 N–H and O–H groups in total. The summed E-state index contributed by atoms with van der Waals surface area (Å²) in [6, 6.07) is 0.725. The summed E-state index contributed by atoms with van der Waals surface area (Å²) in [6.07, 6.45) is 2.51. The van der Waals surface area contributed by atoms with Crippen molar-refractivity contribution in [2.45, 2.75) is 50.2 Å². The van der Waals surface area contributed by atoms with E-state index in [4.69, 9.17) is 0 Å². The third kappa shape index (κ3) is 3.67. The van der Waals surface area contributed by atoms with Crippen LogP contribution >= 0.6 is 23.5 Å². The van der Waals surface area contributed by atoms with Crippen LogP contribution in [0.3, 0.4) is 0 Å². The molecule has 84 valence electrons. The lowest BCUT2D eigenvalue weighted by molar-refractivity contribution is 0.477. The van der Waals surface area contributed by atoms with Gasteiger partial charge in [-0.25, -0.2) is 0 Å². The van der Waals surface area contributed by atoms with Crippen molar-refractivity contribution in [1.82, 2.24) is 5.32 Å². The Hall–Kier alpha value is 0.660. The van der Waals surface area contributed by atoms with E-state index in [0.717, 1.165) is 16.5 Å². The van der Waals surface area contributed by atoms with Crippen molar-refractivity contribution in [2.75, 3.05) is 18.1 Å². The normalized spacial score (nSPS) is 30.2. The molecule has 0 spiro atoms. The van der Waals surface area contributed by atoms with Gasteiger partial charge in [0.25, 0.3) is 0 Å². The van der Waals surface area contributed by atoms with Gasteiger partial charge in [0.05, 0.1) is 0 Å². The Bertz CT molecular complexity index is 152. The van der Waals surface area contributed by atoms with Gasteiger partial charge in [-0.05, 0) is 19.4 Å². The minimum atomic E-state index is 0.725. The largest absolute Gasteiger partial charge is 0.313 e. The summed E-state index contributed by atoms with van der Waals surface area (Å²) in [7, 11) is 0. The Morgan fingerprint density at radius 3 is 2.57 bits per heavy atom. The van der Waals surface area contributed by atoms with E-state index >= 15 is 0 Å². The van der Waals surface area contributed by atoms with E-state index in [-0.39, 0.29) is 0 Å². The Balaban J connectivity index is 2.40. The summed E-state index contributed by atoms with van der Waals surface area (Å²) in [4.78, 5) is 0. The van der Waals surface area contributed by atoms with Gasteiger partial charge in [0.1, 0.15) is 0 Å². The Kier molecular flexibility index (Phi) is 6.38. The SMILES string of the molecule is CCCNC(CC)C1SCCSC1C. The second-order valence-electron chi connectivity index (χ2n) is 3.88. The molecule has 0 bridgehead atoms. The molecule has 1 aliphatic heterocycles. The molecule has 1 aliphatic rings. The highest BCUT2D eigenvalue weighted by Crippen LogP contribution is 2.33. The molecule has 0 aromatic carbocycles.